The highest BCUT2D eigenvalue weighted by Crippen LogP contribution is 2.32. The largest absolute Gasteiger partial charge is 0.485 e. The van der Waals surface area contributed by atoms with Crippen molar-refractivity contribution in [3.63, 3.8) is 0 Å². The Labute approximate surface area is 145 Å². The highest BCUT2D eigenvalue weighted by atomic mass is 16.6. The SMILES string of the molecule is CC(c1cc2ccccc2o1)N(C)C(=O)C1COc2ccccc2O1. The van der Waals surface area contributed by atoms with Crippen molar-refractivity contribution >= 4 is 16.9 Å². The van der Waals surface area contributed by atoms with Gasteiger partial charge in [0.25, 0.3) is 5.91 Å². The molecule has 5 heteroatoms. The summed E-state index contributed by atoms with van der Waals surface area (Å²) in [6.07, 6.45) is -0.660. The monoisotopic (exact) mass is 337 g/mol. The highest BCUT2D eigenvalue weighted by molar-refractivity contribution is 5.82. The van der Waals surface area contributed by atoms with Crippen LogP contribution in [0.2, 0.25) is 0 Å². The van der Waals surface area contributed by atoms with Crippen LogP contribution in [0.25, 0.3) is 11.0 Å². The van der Waals surface area contributed by atoms with Gasteiger partial charge in [-0.05, 0) is 31.2 Å². The molecule has 2 heterocycles. The molecule has 128 valence electrons. The van der Waals surface area contributed by atoms with Gasteiger partial charge in [0.15, 0.2) is 11.5 Å². The smallest absolute Gasteiger partial charge is 0.267 e. The van der Waals surface area contributed by atoms with E-state index in [1.54, 1.807) is 18.0 Å². The summed E-state index contributed by atoms with van der Waals surface area (Å²) < 4.78 is 17.3. The van der Waals surface area contributed by atoms with Gasteiger partial charge in [-0.1, -0.05) is 30.3 Å². The second kappa shape index (κ2) is 6.16. The van der Waals surface area contributed by atoms with E-state index in [0.717, 1.165) is 16.7 Å². The van der Waals surface area contributed by atoms with E-state index in [-0.39, 0.29) is 18.6 Å². The number of carbonyl (C=O) groups excluding carboxylic acids is 1. The minimum absolute atomic E-state index is 0.137. The average molecular weight is 337 g/mol. The average Bonchev–Trinajstić information content (AvgIpc) is 3.10. The summed E-state index contributed by atoms with van der Waals surface area (Å²) in [5.74, 6) is 1.87. The lowest BCUT2D eigenvalue weighted by Crippen LogP contribution is -2.45. The molecule has 0 fully saturated rings. The van der Waals surface area contributed by atoms with Crippen molar-refractivity contribution in [1.29, 1.82) is 0 Å². The standard InChI is InChI=1S/C20H19NO4/c1-13(18-11-14-7-3-4-8-15(14)24-18)21(2)20(22)19-12-23-16-9-5-6-10-17(16)25-19/h3-11,13,19H,12H2,1-2H3. The molecule has 5 nitrogen and oxygen atoms in total. The Balaban J connectivity index is 1.52. The second-order valence-electron chi connectivity index (χ2n) is 6.18. The summed E-state index contributed by atoms with van der Waals surface area (Å²) in [6.45, 7) is 2.14. The molecule has 25 heavy (non-hydrogen) atoms. The lowest BCUT2D eigenvalue weighted by molar-refractivity contribution is -0.142. The zero-order valence-corrected chi connectivity index (χ0v) is 14.1. The number of ether oxygens (including phenoxy) is 2. The third-order valence-corrected chi connectivity index (χ3v) is 4.57. The molecule has 0 radical (unpaired) electrons. The Kier molecular flexibility index (Phi) is 3.84. The first-order valence-electron chi connectivity index (χ1n) is 8.27. The van der Waals surface area contributed by atoms with Gasteiger partial charge in [0.2, 0.25) is 6.10 Å². The van der Waals surface area contributed by atoms with Gasteiger partial charge >= 0.3 is 0 Å². The molecular formula is C20H19NO4. The Bertz CT molecular complexity index is 884. The molecule has 0 N–H and O–H groups in total. The van der Waals surface area contributed by atoms with Crippen LogP contribution >= 0.6 is 0 Å². The highest BCUT2D eigenvalue weighted by Gasteiger charge is 2.32. The Morgan fingerprint density at radius 1 is 1.12 bits per heavy atom. The fourth-order valence-corrected chi connectivity index (χ4v) is 2.96. The summed E-state index contributed by atoms with van der Waals surface area (Å²) in [5, 5.41) is 1.02. The van der Waals surface area contributed by atoms with Crippen LogP contribution in [-0.4, -0.2) is 30.6 Å². The van der Waals surface area contributed by atoms with Crippen molar-refractivity contribution in [2.24, 2.45) is 0 Å². The third-order valence-electron chi connectivity index (χ3n) is 4.57. The van der Waals surface area contributed by atoms with E-state index in [2.05, 4.69) is 0 Å². The third kappa shape index (κ3) is 2.82. The molecule has 0 saturated carbocycles. The van der Waals surface area contributed by atoms with Gasteiger partial charge in [-0.3, -0.25) is 4.79 Å². The minimum Gasteiger partial charge on any atom is -0.485 e. The Morgan fingerprint density at radius 2 is 1.84 bits per heavy atom. The number of para-hydroxylation sites is 3. The van der Waals surface area contributed by atoms with E-state index in [0.29, 0.717) is 11.5 Å². The number of benzene rings is 2. The van der Waals surface area contributed by atoms with Gasteiger partial charge in [0.1, 0.15) is 18.0 Å². The number of hydrogen-bond donors (Lipinski definition) is 0. The first-order valence-corrected chi connectivity index (χ1v) is 8.27. The molecule has 0 saturated heterocycles. The van der Waals surface area contributed by atoms with Crippen LogP contribution in [0.4, 0.5) is 0 Å². The van der Waals surface area contributed by atoms with Crippen LogP contribution in [0.5, 0.6) is 11.5 Å². The molecule has 3 aromatic rings. The van der Waals surface area contributed by atoms with Gasteiger partial charge in [-0.25, -0.2) is 0 Å². The first kappa shape index (κ1) is 15.6. The van der Waals surface area contributed by atoms with E-state index < -0.39 is 6.10 Å². The topological polar surface area (TPSA) is 51.9 Å². The van der Waals surface area contributed by atoms with Crippen molar-refractivity contribution in [1.82, 2.24) is 4.90 Å². The molecule has 1 aromatic heterocycles. The van der Waals surface area contributed by atoms with Crippen molar-refractivity contribution in [3.05, 3.63) is 60.4 Å². The van der Waals surface area contributed by atoms with Crippen molar-refractivity contribution in [2.45, 2.75) is 19.1 Å². The summed E-state index contributed by atoms with van der Waals surface area (Å²) in [4.78, 5) is 14.5. The fourth-order valence-electron chi connectivity index (χ4n) is 2.96. The van der Waals surface area contributed by atoms with Crippen molar-refractivity contribution in [3.8, 4) is 11.5 Å². The number of rotatable bonds is 3. The van der Waals surface area contributed by atoms with Gasteiger partial charge in [0, 0.05) is 12.4 Å². The van der Waals surface area contributed by atoms with E-state index >= 15 is 0 Å². The molecule has 4 rings (SSSR count). The lowest BCUT2D eigenvalue weighted by Gasteiger charge is -2.31. The number of hydrogen-bond acceptors (Lipinski definition) is 4. The molecular weight excluding hydrogens is 318 g/mol. The van der Waals surface area contributed by atoms with Crippen molar-refractivity contribution in [2.75, 3.05) is 13.7 Å². The first-order chi connectivity index (χ1) is 12.1. The van der Waals surface area contributed by atoms with Crippen LogP contribution in [0, 0.1) is 0 Å². The van der Waals surface area contributed by atoms with Gasteiger partial charge in [0.05, 0.1) is 6.04 Å². The maximum absolute atomic E-state index is 12.8. The molecule has 0 aliphatic carbocycles. The van der Waals surface area contributed by atoms with E-state index in [1.165, 1.54) is 0 Å². The Hall–Kier alpha value is -2.95. The maximum Gasteiger partial charge on any atom is 0.267 e. The summed E-state index contributed by atoms with van der Waals surface area (Å²) in [5.41, 5.74) is 0.816. The predicted octanol–water partition coefficient (Wildman–Crippen LogP) is 3.79. The molecule has 1 amide bonds. The van der Waals surface area contributed by atoms with Gasteiger partial charge < -0.3 is 18.8 Å². The van der Waals surface area contributed by atoms with E-state index in [9.17, 15) is 4.79 Å². The zero-order chi connectivity index (χ0) is 17.4. The van der Waals surface area contributed by atoms with Gasteiger partial charge in [-0.2, -0.15) is 0 Å². The number of furan rings is 1. The maximum atomic E-state index is 12.8. The molecule has 0 bridgehead atoms. The number of fused-ring (bicyclic) bond motifs is 2. The number of likely N-dealkylation sites (N-methyl/N-ethyl adjacent to an activating group) is 1. The summed E-state index contributed by atoms with van der Waals surface area (Å²) in [6, 6.07) is 16.9. The molecule has 1 aliphatic rings. The molecule has 2 unspecified atom stereocenters. The number of carbonyl (C=O) groups is 1. The van der Waals surface area contributed by atoms with Crippen LogP contribution in [0.1, 0.15) is 18.7 Å². The minimum atomic E-state index is -0.660. The van der Waals surface area contributed by atoms with Crippen LogP contribution in [-0.2, 0) is 4.79 Å². The number of amides is 1. The van der Waals surface area contributed by atoms with Crippen molar-refractivity contribution < 1.29 is 18.7 Å². The fraction of sp³-hybridized carbons (Fsp3) is 0.250. The molecule has 0 spiro atoms. The quantitative estimate of drug-likeness (QED) is 0.730. The van der Waals surface area contributed by atoms with Gasteiger partial charge in [-0.15, -0.1) is 0 Å². The predicted molar refractivity (Wildman–Crippen MR) is 93.8 cm³/mol. The summed E-state index contributed by atoms with van der Waals surface area (Å²) in [7, 11) is 1.75. The molecule has 2 aromatic carbocycles. The molecule has 1 aliphatic heterocycles. The van der Waals surface area contributed by atoms with Crippen LogP contribution in [0.3, 0.4) is 0 Å². The number of nitrogens with zero attached hydrogens (tertiary/aromatic N) is 1. The van der Waals surface area contributed by atoms with Crippen LogP contribution < -0.4 is 9.47 Å². The van der Waals surface area contributed by atoms with Crippen LogP contribution in [0.15, 0.2) is 59.0 Å². The van der Waals surface area contributed by atoms with E-state index in [4.69, 9.17) is 13.9 Å². The normalized spacial score (nSPS) is 17.3. The summed E-state index contributed by atoms with van der Waals surface area (Å²) >= 11 is 0. The molecule has 2 atom stereocenters. The zero-order valence-electron chi connectivity index (χ0n) is 14.1. The second-order valence-corrected chi connectivity index (χ2v) is 6.18. The lowest BCUT2D eigenvalue weighted by atomic mass is 10.1. The van der Waals surface area contributed by atoms with E-state index in [1.807, 2.05) is 55.5 Å². The Morgan fingerprint density at radius 3 is 2.64 bits per heavy atom.